The first kappa shape index (κ1) is 15.8. The summed E-state index contributed by atoms with van der Waals surface area (Å²) < 4.78 is 1.45. The van der Waals surface area contributed by atoms with Gasteiger partial charge in [-0.3, -0.25) is 9.59 Å². The van der Waals surface area contributed by atoms with Crippen molar-refractivity contribution >= 4 is 17.5 Å². The quantitative estimate of drug-likeness (QED) is 0.913. The molecule has 6 heteroatoms. The van der Waals surface area contributed by atoms with Crippen LogP contribution in [0.4, 0.5) is 0 Å². The third-order valence-corrected chi connectivity index (χ3v) is 4.32. The Hall–Kier alpha value is -2.11. The lowest BCUT2D eigenvalue weighted by molar-refractivity contribution is 0.0634. The summed E-state index contributed by atoms with van der Waals surface area (Å²) in [6.45, 7) is 1.98. The van der Waals surface area contributed by atoms with Crippen LogP contribution in [0.1, 0.15) is 22.0 Å². The molecule has 0 aliphatic carbocycles. The van der Waals surface area contributed by atoms with Gasteiger partial charge in [-0.05, 0) is 23.8 Å². The number of nitrogens with zero attached hydrogens (tertiary/aromatic N) is 2. The number of pyridine rings is 1. The van der Waals surface area contributed by atoms with Crippen LogP contribution >= 0.6 is 11.6 Å². The maximum atomic E-state index is 12.8. The van der Waals surface area contributed by atoms with Crippen LogP contribution in [0.15, 0.2) is 47.4 Å². The third kappa shape index (κ3) is 3.30. The molecule has 1 aliphatic heterocycles. The van der Waals surface area contributed by atoms with Crippen LogP contribution in [-0.2, 0) is 7.05 Å². The number of piperazine rings is 1. The molecule has 1 atom stereocenters. The number of halogens is 1. The average molecular weight is 332 g/mol. The van der Waals surface area contributed by atoms with Gasteiger partial charge in [-0.25, -0.2) is 0 Å². The highest BCUT2D eigenvalue weighted by atomic mass is 35.5. The zero-order valence-corrected chi connectivity index (χ0v) is 13.6. The summed E-state index contributed by atoms with van der Waals surface area (Å²) in [7, 11) is 1.66. The van der Waals surface area contributed by atoms with Gasteiger partial charge in [0.05, 0.1) is 6.04 Å². The highest BCUT2D eigenvalue weighted by molar-refractivity contribution is 6.30. The van der Waals surface area contributed by atoms with E-state index in [4.69, 9.17) is 11.6 Å². The summed E-state index contributed by atoms with van der Waals surface area (Å²) in [4.78, 5) is 26.4. The van der Waals surface area contributed by atoms with Crippen molar-refractivity contribution in [1.29, 1.82) is 0 Å². The van der Waals surface area contributed by atoms with E-state index >= 15 is 0 Å². The van der Waals surface area contributed by atoms with Gasteiger partial charge in [0.25, 0.3) is 11.5 Å². The zero-order valence-electron chi connectivity index (χ0n) is 12.8. The number of benzene rings is 1. The Morgan fingerprint density at radius 2 is 2.13 bits per heavy atom. The van der Waals surface area contributed by atoms with E-state index in [-0.39, 0.29) is 17.5 Å². The summed E-state index contributed by atoms with van der Waals surface area (Å²) in [6, 6.07) is 10.5. The molecule has 1 saturated heterocycles. The number of aryl methyl sites for hydroxylation is 1. The molecular formula is C17H18ClN3O2. The predicted molar refractivity (Wildman–Crippen MR) is 89.8 cm³/mol. The number of carbonyl (C=O) groups is 1. The molecule has 1 unspecified atom stereocenters. The topological polar surface area (TPSA) is 54.3 Å². The first-order valence-electron chi connectivity index (χ1n) is 7.50. The Morgan fingerprint density at radius 1 is 1.30 bits per heavy atom. The van der Waals surface area contributed by atoms with Crippen LogP contribution < -0.4 is 10.9 Å². The Labute approximate surface area is 139 Å². The molecule has 2 aromatic rings. The number of aromatic nitrogens is 1. The zero-order chi connectivity index (χ0) is 16.4. The molecule has 0 spiro atoms. The van der Waals surface area contributed by atoms with Crippen molar-refractivity contribution in [2.75, 3.05) is 19.6 Å². The second-order valence-corrected chi connectivity index (χ2v) is 6.07. The van der Waals surface area contributed by atoms with Crippen molar-refractivity contribution in [3.63, 3.8) is 0 Å². The number of amides is 1. The lowest BCUT2D eigenvalue weighted by atomic mass is 10.0. The molecule has 1 aliphatic rings. The van der Waals surface area contributed by atoms with Gasteiger partial charge < -0.3 is 14.8 Å². The Kier molecular flexibility index (Phi) is 4.50. The number of carbonyl (C=O) groups excluding carboxylic acids is 1. The van der Waals surface area contributed by atoms with Crippen molar-refractivity contribution in [3.8, 4) is 0 Å². The number of rotatable bonds is 2. The van der Waals surface area contributed by atoms with E-state index in [1.165, 1.54) is 10.6 Å². The average Bonchev–Trinajstić information content (AvgIpc) is 2.57. The molecule has 1 aromatic carbocycles. The van der Waals surface area contributed by atoms with Crippen LogP contribution in [0.5, 0.6) is 0 Å². The molecule has 0 bridgehead atoms. The second-order valence-electron chi connectivity index (χ2n) is 5.64. The van der Waals surface area contributed by atoms with Crippen LogP contribution in [0.25, 0.3) is 0 Å². The van der Waals surface area contributed by atoms with Crippen LogP contribution in [0, 0.1) is 0 Å². The SMILES string of the molecule is Cn1ccc(C(=O)N2CCNCC2c2cccc(Cl)c2)cc1=O. The van der Waals surface area contributed by atoms with Crippen molar-refractivity contribution in [2.24, 2.45) is 7.05 Å². The van der Waals surface area contributed by atoms with E-state index in [2.05, 4.69) is 5.32 Å². The number of hydrogen-bond acceptors (Lipinski definition) is 3. The molecule has 5 nitrogen and oxygen atoms in total. The molecule has 0 radical (unpaired) electrons. The monoisotopic (exact) mass is 331 g/mol. The summed E-state index contributed by atoms with van der Waals surface area (Å²) in [5.41, 5.74) is 1.22. The Balaban J connectivity index is 1.93. The maximum absolute atomic E-state index is 12.8. The minimum atomic E-state index is -0.190. The van der Waals surface area contributed by atoms with Gasteiger partial charge in [-0.1, -0.05) is 23.7 Å². The molecule has 0 saturated carbocycles. The lowest BCUT2D eigenvalue weighted by Crippen LogP contribution is -2.48. The Bertz CT molecular complexity index is 787. The van der Waals surface area contributed by atoms with E-state index < -0.39 is 0 Å². The summed E-state index contributed by atoms with van der Waals surface area (Å²) >= 11 is 6.08. The number of hydrogen-bond donors (Lipinski definition) is 1. The van der Waals surface area contributed by atoms with E-state index in [1.807, 2.05) is 24.3 Å². The van der Waals surface area contributed by atoms with Gasteiger partial charge in [-0.2, -0.15) is 0 Å². The van der Waals surface area contributed by atoms with E-state index in [9.17, 15) is 9.59 Å². The minimum absolute atomic E-state index is 0.0981. The van der Waals surface area contributed by atoms with Gasteiger partial charge in [0.1, 0.15) is 0 Å². The van der Waals surface area contributed by atoms with Crippen LogP contribution in [0.3, 0.4) is 0 Å². The van der Waals surface area contributed by atoms with Crippen LogP contribution in [0.2, 0.25) is 5.02 Å². The maximum Gasteiger partial charge on any atom is 0.254 e. The first-order chi connectivity index (χ1) is 11.1. The fourth-order valence-corrected chi connectivity index (χ4v) is 3.01. The van der Waals surface area contributed by atoms with E-state index in [0.29, 0.717) is 23.7 Å². The van der Waals surface area contributed by atoms with Gasteiger partial charge in [0.2, 0.25) is 0 Å². The largest absolute Gasteiger partial charge is 0.329 e. The van der Waals surface area contributed by atoms with Gasteiger partial charge in [0.15, 0.2) is 0 Å². The normalized spacial score (nSPS) is 18.0. The first-order valence-corrected chi connectivity index (χ1v) is 7.88. The van der Waals surface area contributed by atoms with Gasteiger partial charge >= 0.3 is 0 Å². The molecule has 2 heterocycles. The molecule has 23 heavy (non-hydrogen) atoms. The standard InChI is InChI=1S/C17H18ClN3O2/c1-20-7-5-13(10-16(20)22)17(23)21-8-6-19-11-15(21)12-3-2-4-14(18)9-12/h2-5,7,9-10,15,19H,6,8,11H2,1H3. The molecule has 1 aromatic heterocycles. The third-order valence-electron chi connectivity index (χ3n) is 4.09. The molecule has 120 valence electrons. The van der Waals surface area contributed by atoms with E-state index in [0.717, 1.165) is 12.1 Å². The van der Waals surface area contributed by atoms with Crippen molar-refractivity contribution in [1.82, 2.24) is 14.8 Å². The molecule has 1 fully saturated rings. The number of nitrogens with one attached hydrogen (secondary N) is 1. The van der Waals surface area contributed by atoms with E-state index in [1.54, 1.807) is 24.2 Å². The van der Waals surface area contributed by atoms with Crippen molar-refractivity contribution in [2.45, 2.75) is 6.04 Å². The predicted octanol–water partition coefficient (Wildman–Crippen LogP) is 1.83. The second kappa shape index (κ2) is 6.56. The molecule has 1 amide bonds. The summed E-state index contributed by atoms with van der Waals surface area (Å²) in [5, 5.41) is 3.95. The lowest BCUT2D eigenvalue weighted by Gasteiger charge is -2.36. The van der Waals surface area contributed by atoms with Crippen molar-refractivity contribution in [3.05, 3.63) is 69.1 Å². The molecular weight excluding hydrogens is 314 g/mol. The smallest absolute Gasteiger partial charge is 0.254 e. The Morgan fingerprint density at radius 3 is 2.87 bits per heavy atom. The summed E-state index contributed by atoms with van der Waals surface area (Å²) in [5.74, 6) is -0.130. The molecule has 1 N–H and O–H groups in total. The summed E-state index contributed by atoms with van der Waals surface area (Å²) in [6.07, 6.45) is 1.62. The fraction of sp³-hybridized carbons (Fsp3) is 0.294. The minimum Gasteiger partial charge on any atom is -0.329 e. The fourth-order valence-electron chi connectivity index (χ4n) is 2.81. The molecule has 3 rings (SSSR count). The highest BCUT2D eigenvalue weighted by Crippen LogP contribution is 2.26. The highest BCUT2D eigenvalue weighted by Gasteiger charge is 2.28. The van der Waals surface area contributed by atoms with Crippen LogP contribution in [-0.4, -0.2) is 35.0 Å². The van der Waals surface area contributed by atoms with Gasteiger partial charge in [-0.15, -0.1) is 0 Å². The van der Waals surface area contributed by atoms with Crippen molar-refractivity contribution < 1.29 is 4.79 Å². The van der Waals surface area contributed by atoms with Gasteiger partial charge in [0, 0.05) is 49.5 Å².